The van der Waals surface area contributed by atoms with E-state index in [2.05, 4.69) is 21.5 Å². The molecule has 6 heteroatoms. The molecule has 1 aromatic carbocycles. The predicted molar refractivity (Wildman–Crippen MR) is 80.6 cm³/mol. The van der Waals surface area contributed by atoms with Gasteiger partial charge in [0.2, 0.25) is 10.0 Å². The number of rotatable bonds is 4. The second-order valence-electron chi connectivity index (χ2n) is 4.22. The van der Waals surface area contributed by atoms with E-state index in [9.17, 15) is 8.42 Å². The Hall–Kier alpha value is -2.20. The minimum absolute atomic E-state index is 0.149. The molecule has 0 aliphatic heterocycles. The maximum absolute atomic E-state index is 12.0. The summed E-state index contributed by atoms with van der Waals surface area (Å²) in [5, 5.41) is 0. The summed E-state index contributed by atoms with van der Waals surface area (Å²) in [4.78, 5) is 3.95. The van der Waals surface area contributed by atoms with Gasteiger partial charge in [-0.05, 0) is 29.8 Å². The van der Waals surface area contributed by atoms with Gasteiger partial charge < -0.3 is 5.73 Å². The largest absolute Gasteiger partial charge is 0.320 e. The zero-order chi connectivity index (χ0) is 15.1. The van der Waals surface area contributed by atoms with Crippen molar-refractivity contribution >= 4 is 10.0 Å². The van der Waals surface area contributed by atoms with Crippen molar-refractivity contribution in [2.24, 2.45) is 5.73 Å². The van der Waals surface area contributed by atoms with Crippen molar-refractivity contribution in [3.8, 4) is 11.8 Å². The average molecular weight is 301 g/mol. The van der Waals surface area contributed by atoms with Crippen LogP contribution in [-0.4, -0.2) is 19.9 Å². The van der Waals surface area contributed by atoms with Gasteiger partial charge in [-0.3, -0.25) is 4.98 Å². The van der Waals surface area contributed by atoms with Gasteiger partial charge in [0.05, 0.1) is 6.54 Å². The van der Waals surface area contributed by atoms with Crippen LogP contribution in [0.1, 0.15) is 11.1 Å². The number of hydrogen-bond donors (Lipinski definition) is 2. The number of benzene rings is 1. The van der Waals surface area contributed by atoms with Crippen molar-refractivity contribution in [1.29, 1.82) is 0 Å². The van der Waals surface area contributed by atoms with Crippen LogP contribution in [0, 0.1) is 11.8 Å². The summed E-state index contributed by atoms with van der Waals surface area (Å²) in [6.45, 7) is 0.522. The van der Waals surface area contributed by atoms with E-state index in [1.807, 2.05) is 24.3 Å². The molecule has 1 heterocycles. The van der Waals surface area contributed by atoms with Crippen molar-refractivity contribution in [2.45, 2.75) is 11.4 Å². The molecule has 21 heavy (non-hydrogen) atoms. The van der Waals surface area contributed by atoms with Gasteiger partial charge in [-0.25, -0.2) is 13.1 Å². The van der Waals surface area contributed by atoms with Crippen LogP contribution >= 0.6 is 0 Å². The highest BCUT2D eigenvalue weighted by atomic mass is 32.2. The lowest BCUT2D eigenvalue weighted by molar-refractivity contribution is 0.581. The van der Waals surface area contributed by atoms with E-state index in [1.54, 1.807) is 6.07 Å². The molecule has 0 spiro atoms. The Morgan fingerprint density at radius 3 is 2.57 bits per heavy atom. The van der Waals surface area contributed by atoms with Crippen LogP contribution in [0.15, 0.2) is 53.7 Å². The summed E-state index contributed by atoms with van der Waals surface area (Å²) < 4.78 is 26.6. The van der Waals surface area contributed by atoms with E-state index >= 15 is 0 Å². The first kappa shape index (κ1) is 15.2. The van der Waals surface area contributed by atoms with Crippen molar-refractivity contribution < 1.29 is 8.42 Å². The van der Waals surface area contributed by atoms with Crippen LogP contribution in [0.3, 0.4) is 0 Å². The molecule has 0 fully saturated rings. The molecular formula is C15H15N3O2S. The third-order valence-electron chi connectivity index (χ3n) is 2.70. The molecule has 5 nitrogen and oxygen atoms in total. The Morgan fingerprint density at radius 2 is 1.95 bits per heavy atom. The maximum atomic E-state index is 12.0. The standard InChI is InChI=1S/C15H15N3O2S/c16-9-1-3-13-5-7-14(8-6-13)11-18-21(19,20)15-4-2-10-17-12-15/h2,4-8,10,12,18H,9,11,16H2. The minimum Gasteiger partial charge on any atom is -0.320 e. The SMILES string of the molecule is NCC#Cc1ccc(CNS(=O)(=O)c2cccnc2)cc1. The fourth-order valence-electron chi connectivity index (χ4n) is 1.63. The molecule has 3 N–H and O–H groups in total. The zero-order valence-corrected chi connectivity index (χ0v) is 12.1. The van der Waals surface area contributed by atoms with Gasteiger partial charge in [-0.1, -0.05) is 24.0 Å². The first-order chi connectivity index (χ1) is 10.1. The van der Waals surface area contributed by atoms with Crippen LogP contribution in [-0.2, 0) is 16.6 Å². The lowest BCUT2D eigenvalue weighted by atomic mass is 10.1. The third-order valence-corrected chi connectivity index (χ3v) is 4.09. The molecule has 2 aromatic rings. The fraction of sp³-hybridized carbons (Fsp3) is 0.133. The van der Waals surface area contributed by atoms with Crippen molar-refractivity contribution in [1.82, 2.24) is 9.71 Å². The molecular weight excluding hydrogens is 286 g/mol. The summed E-state index contributed by atoms with van der Waals surface area (Å²) in [7, 11) is -3.54. The molecule has 0 unspecified atom stereocenters. The Kier molecular flexibility index (Phi) is 5.06. The highest BCUT2D eigenvalue weighted by molar-refractivity contribution is 7.89. The molecule has 0 aliphatic carbocycles. The van der Waals surface area contributed by atoms with Crippen LogP contribution in [0.4, 0.5) is 0 Å². The van der Waals surface area contributed by atoms with Gasteiger partial charge in [0.25, 0.3) is 0 Å². The fourth-order valence-corrected chi connectivity index (χ4v) is 2.61. The molecule has 0 amide bonds. The van der Waals surface area contributed by atoms with Crippen molar-refractivity contribution in [3.05, 3.63) is 59.9 Å². The topological polar surface area (TPSA) is 85.1 Å². The Bertz CT molecular complexity index is 745. The van der Waals surface area contributed by atoms with Crippen LogP contribution in [0.5, 0.6) is 0 Å². The van der Waals surface area contributed by atoms with E-state index in [0.717, 1.165) is 11.1 Å². The smallest absolute Gasteiger partial charge is 0.242 e. The molecule has 2 rings (SSSR count). The molecule has 108 valence electrons. The van der Waals surface area contributed by atoms with Gasteiger partial charge in [-0.15, -0.1) is 0 Å². The molecule has 0 saturated carbocycles. The van der Waals surface area contributed by atoms with E-state index in [1.165, 1.54) is 18.5 Å². The number of hydrogen-bond acceptors (Lipinski definition) is 4. The van der Waals surface area contributed by atoms with Crippen LogP contribution in [0.2, 0.25) is 0 Å². The highest BCUT2D eigenvalue weighted by Gasteiger charge is 2.13. The van der Waals surface area contributed by atoms with E-state index < -0.39 is 10.0 Å². The minimum atomic E-state index is -3.54. The van der Waals surface area contributed by atoms with Gasteiger partial charge in [0.15, 0.2) is 0 Å². The number of pyridine rings is 1. The zero-order valence-electron chi connectivity index (χ0n) is 11.3. The second-order valence-corrected chi connectivity index (χ2v) is 5.98. The van der Waals surface area contributed by atoms with Crippen LogP contribution in [0.25, 0.3) is 0 Å². The first-order valence-corrected chi connectivity index (χ1v) is 7.78. The quantitative estimate of drug-likeness (QED) is 0.821. The summed E-state index contributed by atoms with van der Waals surface area (Å²) in [6.07, 6.45) is 2.84. The normalized spacial score (nSPS) is 10.7. The van der Waals surface area contributed by atoms with Gasteiger partial charge in [0.1, 0.15) is 4.90 Å². The van der Waals surface area contributed by atoms with Gasteiger partial charge in [0, 0.05) is 24.5 Å². The molecule has 0 saturated heterocycles. The summed E-state index contributed by atoms with van der Waals surface area (Å²) in [5.74, 6) is 5.67. The van der Waals surface area contributed by atoms with Gasteiger partial charge in [-0.2, -0.15) is 0 Å². The van der Waals surface area contributed by atoms with Crippen molar-refractivity contribution in [3.63, 3.8) is 0 Å². The Labute approximate surface area is 124 Å². The predicted octanol–water partition coefficient (Wildman–Crippen LogP) is 0.870. The summed E-state index contributed by atoms with van der Waals surface area (Å²) in [6, 6.07) is 10.4. The lowest BCUT2D eigenvalue weighted by Gasteiger charge is -2.06. The second kappa shape index (κ2) is 6.99. The summed E-state index contributed by atoms with van der Waals surface area (Å²) >= 11 is 0. The molecule has 0 bridgehead atoms. The number of nitrogens with one attached hydrogen (secondary N) is 1. The lowest BCUT2D eigenvalue weighted by Crippen LogP contribution is -2.23. The molecule has 1 aromatic heterocycles. The van der Waals surface area contributed by atoms with Gasteiger partial charge >= 0.3 is 0 Å². The molecule has 0 aliphatic rings. The van der Waals surface area contributed by atoms with E-state index in [4.69, 9.17) is 5.73 Å². The Balaban J connectivity index is 2.03. The van der Waals surface area contributed by atoms with E-state index in [0.29, 0.717) is 6.54 Å². The number of aromatic nitrogens is 1. The third kappa shape index (κ3) is 4.39. The molecule has 0 radical (unpaired) electrons. The maximum Gasteiger partial charge on any atom is 0.242 e. The number of nitrogens with zero attached hydrogens (tertiary/aromatic N) is 1. The molecule has 0 atom stereocenters. The Morgan fingerprint density at radius 1 is 1.19 bits per heavy atom. The monoisotopic (exact) mass is 301 g/mol. The van der Waals surface area contributed by atoms with Crippen LogP contribution < -0.4 is 10.5 Å². The summed E-state index contributed by atoms with van der Waals surface area (Å²) in [5.41, 5.74) is 7.00. The van der Waals surface area contributed by atoms with E-state index in [-0.39, 0.29) is 11.4 Å². The number of sulfonamides is 1. The van der Waals surface area contributed by atoms with Crippen molar-refractivity contribution in [2.75, 3.05) is 6.54 Å². The average Bonchev–Trinajstić information content (AvgIpc) is 2.53. The highest BCUT2D eigenvalue weighted by Crippen LogP contribution is 2.08. The first-order valence-electron chi connectivity index (χ1n) is 6.29. The number of nitrogens with two attached hydrogens (primary N) is 1.